The van der Waals surface area contributed by atoms with E-state index in [2.05, 4.69) is 10.0 Å². The molecule has 7 heteroatoms. The van der Waals surface area contributed by atoms with Crippen LogP contribution in [-0.4, -0.2) is 27.4 Å². The van der Waals surface area contributed by atoms with E-state index < -0.39 is 15.9 Å². The number of sulfonamides is 1. The predicted molar refractivity (Wildman–Crippen MR) is 89.5 cm³/mol. The largest absolute Gasteiger partial charge is 0.355 e. The molecule has 0 aromatic heterocycles. The molecule has 24 heavy (non-hydrogen) atoms. The number of carbonyl (C=O) groups is 1. The molecule has 0 atom stereocenters. The van der Waals surface area contributed by atoms with Crippen LogP contribution in [0.1, 0.15) is 11.1 Å². The van der Waals surface area contributed by atoms with Gasteiger partial charge in [-0.1, -0.05) is 29.8 Å². The van der Waals surface area contributed by atoms with Crippen molar-refractivity contribution in [3.05, 3.63) is 65.5 Å². The molecule has 0 spiro atoms. The fraction of sp³-hybridized carbons (Fsp3) is 0.235. The van der Waals surface area contributed by atoms with E-state index in [1.54, 1.807) is 24.3 Å². The van der Waals surface area contributed by atoms with Gasteiger partial charge < -0.3 is 5.32 Å². The zero-order valence-electron chi connectivity index (χ0n) is 13.3. The number of carbonyl (C=O) groups excluding carboxylic acids is 1. The van der Waals surface area contributed by atoms with Crippen LogP contribution in [0.25, 0.3) is 0 Å². The molecule has 0 heterocycles. The van der Waals surface area contributed by atoms with Crippen molar-refractivity contribution in [3.63, 3.8) is 0 Å². The Labute approximate surface area is 141 Å². The maximum Gasteiger partial charge on any atom is 0.241 e. The number of nitrogens with one attached hydrogen (secondary N) is 2. The minimum absolute atomic E-state index is 0.118. The fourth-order valence-corrected chi connectivity index (χ4v) is 3.00. The lowest BCUT2D eigenvalue weighted by molar-refractivity contribution is -0.119. The number of hydrogen-bond acceptors (Lipinski definition) is 3. The summed E-state index contributed by atoms with van der Waals surface area (Å²) >= 11 is 0. The van der Waals surface area contributed by atoms with Crippen molar-refractivity contribution in [2.75, 3.05) is 13.1 Å². The van der Waals surface area contributed by atoms with Crippen LogP contribution in [0.3, 0.4) is 0 Å². The maximum absolute atomic E-state index is 12.8. The lowest BCUT2D eigenvalue weighted by Crippen LogP contribution is -2.37. The Morgan fingerprint density at radius 2 is 1.67 bits per heavy atom. The maximum atomic E-state index is 12.8. The van der Waals surface area contributed by atoms with Crippen molar-refractivity contribution in [2.24, 2.45) is 0 Å². The van der Waals surface area contributed by atoms with Crippen LogP contribution in [0.5, 0.6) is 0 Å². The quantitative estimate of drug-likeness (QED) is 0.799. The van der Waals surface area contributed by atoms with Gasteiger partial charge in [0.1, 0.15) is 5.82 Å². The van der Waals surface area contributed by atoms with Gasteiger partial charge in [-0.05, 0) is 43.2 Å². The third-order valence-electron chi connectivity index (χ3n) is 3.40. The SMILES string of the molecule is Cc1ccc(S(=O)(=O)NCC(=O)NCCc2ccc(F)cc2)cc1. The first-order valence-electron chi connectivity index (χ1n) is 7.44. The van der Waals surface area contributed by atoms with Crippen LogP contribution < -0.4 is 10.0 Å². The van der Waals surface area contributed by atoms with Gasteiger partial charge in [0.25, 0.3) is 0 Å². The Kier molecular flexibility index (Phi) is 6.05. The normalized spacial score (nSPS) is 11.2. The number of halogens is 1. The Morgan fingerprint density at radius 3 is 2.29 bits per heavy atom. The molecule has 128 valence electrons. The van der Waals surface area contributed by atoms with E-state index in [4.69, 9.17) is 0 Å². The van der Waals surface area contributed by atoms with Gasteiger partial charge in [0.15, 0.2) is 0 Å². The van der Waals surface area contributed by atoms with Crippen molar-refractivity contribution in [2.45, 2.75) is 18.2 Å². The number of aryl methyl sites for hydroxylation is 1. The van der Waals surface area contributed by atoms with Gasteiger partial charge in [-0.25, -0.2) is 17.5 Å². The summed E-state index contributed by atoms with van der Waals surface area (Å²) in [6.07, 6.45) is 0.538. The van der Waals surface area contributed by atoms with E-state index in [0.717, 1.165) is 11.1 Å². The van der Waals surface area contributed by atoms with Crippen molar-refractivity contribution in [1.82, 2.24) is 10.0 Å². The second kappa shape index (κ2) is 8.03. The van der Waals surface area contributed by atoms with E-state index in [9.17, 15) is 17.6 Å². The van der Waals surface area contributed by atoms with Crippen molar-refractivity contribution >= 4 is 15.9 Å². The van der Waals surface area contributed by atoms with E-state index in [1.165, 1.54) is 24.3 Å². The summed E-state index contributed by atoms with van der Waals surface area (Å²) in [5.41, 5.74) is 1.84. The number of amides is 1. The van der Waals surface area contributed by atoms with Gasteiger partial charge in [-0.3, -0.25) is 4.79 Å². The first kappa shape index (κ1) is 18.1. The molecule has 2 aromatic carbocycles. The highest BCUT2D eigenvalue weighted by atomic mass is 32.2. The van der Waals surface area contributed by atoms with Crippen LogP contribution >= 0.6 is 0 Å². The summed E-state index contributed by atoms with van der Waals surface area (Å²) < 4.78 is 39.1. The van der Waals surface area contributed by atoms with Gasteiger partial charge >= 0.3 is 0 Å². The minimum Gasteiger partial charge on any atom is -0.355 e. The second-order valence-electron chi connectivity index (χ2n) is 5.36. The van der Waals surface area contributed by atoms with Gasteiger partial charge in [0.2, 0.25) is 15.9 Å². The molecule has 0 saturated heterocycles. The highest BCUT2D eigenvalue weighted by Gasteiger charge is 2.14. The first-order valence-corrected chi connectivity index (χ1v) is 8.92. The third-order valence-corrected chi connectivity index (χ3v) is 4.82. The van der Waals surface area contributed by atoms with Crippen LogP contribution in [0.15, 0.2) is 53.4 Å². The predicted octanol–water partition coefficient (Wildman–Crippen LogP) is 1.77. The third kappa shape index (κ3) is 5.43. The monoisotopic (exact) mass is 350 g/mol. The zero-order valence-corrected chi connectivity index (χ0v) is 14.1. The van der Waals surface area contributed by atoms with Crippen LogP contribution in [0, 0.1) is 12.7 Å². The van der Waals surface area contributed by atoms with Crippen molar-refractivity contribution in [1.29, 1.82) is 0 Å². The molecule has 0 saturated carbocycles. The average molecular weight is 350 g/mol. The van der Waals surface area contributed by atoms with Crippen LogP contribution in [0.4, 0.5) is 4.39 Å². The summed E-state index contributed by atoms with van der Waals surface area (Å²) in [4.78, 5) is 11.8. The molecule has 0 aliphatic rings. The molecule has 0 fully saturated rings. The molecule has 0 bridgehead atoms. The Hall–Kier alpha value is -2.25. The lowest BCUT2D eigenvalue weighted by atomic mass is 10.1. The topological polar surface area (TPSA) is 75.3 Å². The van der Waals surface area contributed by atoms with Gasteiger partial charge in [0, 0.05) is 6.54 Å². The minimum atomic E-state index is -3.71. The average Bonchev–Trinajstić information content (AvgIpc) is 2.55. The molecule has 2 rings (SSSR count). The van der Waals surface area contributed by atoms with Gasteiger partial charge in [0.05, 0.1) is 11.4 Å². The summed E-state index contributed by atoms with van der Waals surface area (Å²) in [7, 11) is -3.71. The van der Waals surface area contributed by atoms with E-state index >= 15 is 0 Å². The standard InChI is InChI=1S/C17H19FN2O3S/c1-13-2-8-16(9-3-13)24(22,23)20-12-17(21)19-11-10-14-4-6-15(18)7-5-14/h2-9,20H,10-12H2,1H3,(H,19,21). The number of rotatable bonds is 7. The van der Waals surface area contributed by atoms with Crippen molar-refractivity contribution in [3.8, 4) is 0 Å². The molecular formula is C17H19FN2O3S. The molecule has 2 aromatic rings. The lowest BCUT2D eigenvalue weighted by Gasteiger charge is -2.08. The Morgan fingerprint density at radius 1 is 1.04 bits per heavy atom. The van der Waals surface area contributed by atoms with Crippen LogP contribution in [0.2, 0.25) is 0 Å². The summed E-state index contributed by atoms with van der Waals surface area (Å²) in [5.74, 6) is -0.735. The number of hydrogen-bond donors (Lipinski definition) is 2. The van der Waals surface area contributed by atoms with Crippen LogP contribution in [-0.2, 0) is 21.2 Å². The summed E-state index contributed by atoms with van der Waals surface area (Å²) in [6, 6.07) is 12.4. The highest BCUT2D eigenvalue weighted by molar-refractivity contribution is 7.89. The van der Waals surface area contributed by atoms with Crippen molar-refractivity contribution < 1.29 is 17.6 Å². The fourth-order valence-electron chi connectivity index (χ4n) is 2.02. The molecule has 0 radical (unpaired) electrons. The van der Waals surface area contributed by atoms with Gasteiger partial charge in [-0.2, -0.15) is 0 Å². The van der Waals surface area contributed by atoms with E-state index in [-0.39, 0.29) is 17.3 Å². The zero-order chi connectivity index (χ0) is 17.6. The first-order chi connectivity index (χ1) is 11.4. The van der Waals surface area contributed by atoms with Gasteiger partial charge in [-0.15, -0.1) is 0 Å². The summed E-state index contributed by atoms with van der Waals surface area (Å²) in [5, 5.41) is 2.62. The molecule has 1 amide bonds. The van der Waals surface area contributed by atoms with E-state index in [1.807, 2.05) is 6.92 Å². The molecule has 5 nitrogen and oxygen atoms in total. The summed E-state index contributed by atoms with van der Waals surface area (Å²) in [6.45, 7) is 1.87. The molecule has 2 N–H and O–H groups in total. The smallest absolute Gasteiger partial charge is 0.241 e. The molecular weight excluding hydrogens is 331 g/mol. The second-order valence-corrected chi connectivity index (χ2v) is 7.13. The number of benzene rings is 2. The molecule has 0 aliphatic carbocycles. The molecule has 0 unspecified atom stereocenters. The Bertz CT molecular complexity index is 788. The molecule has 0 aliphatic heterocycles. The van der Waals surface area contributed by atoms with E-state index in [0.29, 0.717) is 13.0 Å². The highest BCUT2D eigenvalue weighted by Crippen LogP contribution is 2.09. The Balaban J connectivity index is 1.78.